The van der Waals surface area contributed by atoms with E-state index in [0.29, 0.717) is 24.7 Å². The lowest BCUT2D eigenvalue weighted by atomic mass is 10.2. The van der Waals surface area contributed by atoms with E-state index in [4.69, 9.17) is 16.3 Å². The molecule has 0 atom stereocenters. The Morgan fingerprint density at radius 3 is 2.63 bits per heavy atom. The van der Waals surface area contributed by atoms with Crippen LogP contribution in [-0.2, 0) is 21.4 Å². The van der Waals surface area contributed by atoms with Gasteiger partial charge in [-0.3, -0.25) is 9.69 Å². The fraction of sp³-hybridized carbons (Fsp3) is 0.381. The second-order valence-electron chi connectivity index (χ2n) is 7.32. The van der Waals surface area contributed by atoms with Crippen LogP contribution in [0.5, 0.6) is 5.75 Å². The molecular formula is C21H26ClN3O4S. The van der Waals surface area contributed by atoms with Crippen molar-refractivity contribution in [3.05, 3.63) is 53.1 Å². The number of methoxy groups -OCH3 is 1. The van der Waals surface area contributed by atoms with Crippen molar-refractivity contribution in [3.8, 4) is 5.75 Å². The molecule has 0 aromatic heterocycles. The van der Waals surface area contributed by atoms with E-state index >= 15 is 0 Å². The molecular weight excluding hydrogens is 426 g/mol. The normalized spacial score (nSPS) is 14.8. The Kier molecular flexibility index (Phi) is 7.36. The van der Waals surface area contributed by atoms with E-state index in [9.17, 15) is 13.2 Å². The lowest BCUT2D eigenvalue weighted by Gasteiger charge is -2.18. The fourth-order valence-electron chi connectivity index (χ4n) is 3.41. The molecule has 0 aliphatic carbocycles. The number of carbonyl (C=O) groups is 1. The van der Waals surface area contributed by atoms with Gasteiger partial charge in [-0.05, 0) is 55.8 Å². The molecule has 3 rings (SSSR count). The van der Waals surface area contributed by atoms with E-state index in [0.717, 1.165) is 24.2 Å². The number of anilines is 1. The summed E-state index contributed by atoms with van der Waals surface area (Å²) in [6, 6.07) is 12.0. The summed E-state index contributed by atoms with van der Waals surface area (Å²) in [5.74, 6) is 0.478. The summed E-state index contributed by atoms with van der Waals surface area (Å²) in [7, 11) is -0.146. The van der Waals surface area contributed by atoms with Gasteiger partial charge in [0.15, 0.2) is 0 Å². The molecule has 0 unspecified atom stereocenters. The van der Waals surface area contributed by atoms with Gasteiger partial charge in [-0.15, -0.1) is 0 Å². The number of hydrogen-bond acceptors (Lipinski definition) is 5. The largest absolute Gasteiger partial charge is 0.497 e. The van der Waals surface area contributed by atoms with Crippen molar-refractivity contribution < 1.29 is 17.9 Å². The first kappa shape index (κ1) is 22.6. The van der Waals surface area contributed by atoms with Gasteiger partial charge >= 0.3 is 0 Å². The SMILES string of the molecule is COc1cccc(CN(C)CC(=O)Nc2cc(S(=O)(=O)N3CCCC3)ccc2Cl)c1. The molecule has 1 saturated heterocycles. The zero-order valence-electron chi connectivity index (χ0n) is 17.1. The predicted molar refractivity (Wildman–Crippen MR) is 117 cm³/mol. The zero-order chi connectivity index (χ0) is 21.7. The molecule has 1 aliphatic heterocycles. The van der Waals surface area contributed by atoms with Gasteiger partial charge < -0.3 is 10.1 Å². The number of nitrogens with zero attached hydrogens (tertiary/aromatic N) is 2. The summed E-state index contributed by atoms with van der Waals surface area (Å²) in [4.78, 5) is 14.5. The number of amides is 1. The minimum Gasteiger partial charge on any atom is -0.497 e. The van der Waals surface area contributed by atoms with Crippen molar-refractivity contribution in [3.63, 3.8) is 0 Å². The number of benzene rings is 2. The molecule has 1 aliphatic rings. The van der Waals surface area contributed by atoms with Crippen LogP contribution in [0.2, 0.25) is 5.02 Å². The van der Waals surface area contributed by atoms with E-state index < -0.39 is 10.0 Å². The first-order valence-corrected chi connectivity index (χ1v) is 11.5. The Morgan fingerprint density at radius 1 is 1.20 bits per heavy atom. The molecule has 1 amide bonds. The Bertz CT molecular complexity index is 1010. The van der Waals surface area contributed by atoms with Gasteiger partial charge in [0.25, 0.3) is 0 Å². The van der Waals surface area contributed by atoms with Crippen molar-refractivity contribution in [2.75, 3.05) is 39.1 Å². The van der Waals surface area contributed by atoms with Crippen LogP contribution in [-0.4, -0.2) is 57.3 Å². The van der Waals surface area contributed by atoms with Crippen LogP contribution < -0.4 is 10.1 Å². The van der Waals surface area contributed by atoms with Crippen LogP contribution in [0.4, 0.5) is 5.69 Å². The van der Waals surface area contributed by atoms with Crippen molar-refractivity contribution >= 4 is 33.2 Å². The van der Waals surface area contributed by atoms with Crippen LogP contribution in [0.15, 0.2) is 47.4 Å². The summed E-state index contributed by atoms with van der Waals surface area (Å²) in [6.07, 6.45) is 1.71. The van der Waals surface area contributed by atoms with E-state index in [1.807, 2.05) is 36.2 Å². The topological polar surface area (TPSA) is 79.0 Å². The molecule has 7 nitrogen and oxygen atoms in total. The number of hydrogen-bond donors (Lipinski definition) is 1. The summed E-state index contributed by atoms with van der Waals surface area (Å²) in [5, 5.41) is 3.02. The average molecular weight is 452 g/mol. The first-order chi connectivity index (χ1) is 14.3. The Labute approximate surface area is 182 Å². The van der Waals surface area contributed by atoms with Gasteiger partial charge in [0.1, 0.15) is 5.75 Å². The molecule has 1 N–H and O–H groups in total. The number of rotatable bonds is 8. The smallest absolute Gasteiger partial charge is 0.243 e. The lowest BCUT2D eigenvalue weighted by molar-refractivity contribution is -0.117. The molecule has 0 spiro atoms. The second-order valence-corrected chi connectivity index (χ2v) is 9.67. The molecule has 1 fully saturated rings. The maximum absolute atomic E-state index is 12.8. The number of sulfonamides is 1. The summed E-state index contributed by atoms with van der Waals surface area (Å²) in [5.41, 5.74) is 1.30. The maximum Gasteiger partial charge on any atom is 0.243 e. The number of ether oxygens (including phenoxy) is 1. The second kappa shape index (κ2) is 9.78. The van der Waals surface area contributed by atoms with Crippen LogP contribution in [0.25, 0.3) is 0 Å². The maximum atomic E-state index is 12.8. The lowest BCUT2D eigenvalue weighted by Crippen LogP contribution is -2.30. The standard InChI is InChI=1S/C21H26ClN3O4S/c1-24(14-16-6-5-7-17(12-16)29-2)15-21(26)23-20-13-18(8-9-19(20)22)30(27,28)25-10-3-4-11-25/h5-9,12-13H,3-4,10-11,14-15H2,1-2H3,(H,23,26). The first-order valence-electron chi connectivity index (χ1n) is 9.70. The van der Waals surface area contributed by atoms with Gasteiger partial charge in [-0.25, -0.2) is 8.42 Å². The van der Waals surface area contributed by atoms with Crippen LogP contribution >= 0.6 is 11.6 Å². The zero-order valence-corrected chi connectivity index (χ0v) is 18.7. The molecule has 0 saturated carbocycles. The molecule has 1 heterocycles. The van der Waals surface area contributed by atoms with Crippen molar-refractivity contribution in [2.24, 2.45) is 0 Å². The third kappa shape index (κ3) is 5.51. The quantitative estimate of drug-likeness (QED) is 0.666. The number of carbonyl (C=O) groups excluding carboxylic acids is 1. The molecule has 2 aromatic rings. The van der Waals surface area contributed by atoms with Crippen molar-refractivity contribution in [1.29, 1.82) is 0 Å². The van der Waals surface area contributed by atoms with Crippen LogP contribution in [0, 0.1) is 0 Å². The Morgan fingerprint density at radius 2 is 1.93 bits per heavy atom. The van der Waals surface area contributed by atoms with E-state index in [1.54, 1.807) is 7.11 Å². The van der Waals surface area contributed by atoms with Gasteiger partial charge in [-0.2, -0.15) is 4.31 Å². The van der Waals surface area contributed by atoms with Gasteiger partial charge in [0.2, 0.25) is 15.9 Å². The third-order valence-electron chi connectivity index (χ3n) is 4.91. The molecule has 0 bridgehead atoms. The Hall–Kier alpha value is -2.13. The van der Waals surface area contributed by atoms with E-state index in [2.05, 4.69) is 5.32 Å². The van der Waals surface area contributed by atoms with E-state index in [-0.39, 0.29) is 23.0 Å². The molecule has 162 valence electrons. The highest BCUT2D eigenvalue weighted by molar-refractivity contribution is 7.89. The van der Waals surface area contributed by atoms with Crippen LogP contribution in [0.1, 0.15) is 18.4 Å². The van der Waals surface area contributed by atoms with Gasteiger partial charge in [-0.1, -0.05) is 23.7 Å². The summed E-state index contributed by atoms with van der Waals surface area (Å²) < 4.78 is 32.2. The van der Waals surface area contributed by atoms with Crippen molar-refractivity contribution in [1.82, 2.24) is 9.21 Å². The number of nitrogens with one attached hydrogen (secondary N) is 1. The van der Waals surface area contributed by atoms with E-state index in [1.165, 1.54) is 22.5 Å². The minimum absolute atomic E-state index is 0.122. The summed E-state index contributed by atoms with van der Waals surface area (Å²) >= 11 is 6.20. The highest BCUT2D eigenvalue weighted by atomic mass is 35.5. The molecule has 2 aromatic carbocycles. The summed E-state index contributed by atoms with van der Waals surface area (Å²) in [6.45, 7) is 1.71. The number of halogens is 1. The Balaban J connectivity index is 1.65. The van der Waals surface area contributed by atoms with Crippen LogP contribution in [0.3, 0.4) is 0 Å². The molecule has 0 radical (unpaired) electrons. The monoisotopic (exact) mass is 451 g/mol. The number of likely N-dealkylation sites (N-methyl/N-ethyl adjacent to an activating group) is 1. The third-order valence-corrected chi connectivity index (χ3v) is 7.14. The minimum atomic E-state index is -3.58. The molecule has 9 heteroatoms. The molecule has 30 heavy (non-hydrogen) atoms. The van der Waals surface area contributed by atoms with Gasteiger partial charge in [0.05, 0.1) is 29.3 Å². The predicted octanol–water partition coefficient (Wildman–Crippen LogP) is 3.20. The van der Waals surface area contributed by atoms with Gasteiger partial charge in [0, 0.05) is 19.6 Å². The van der Waals surface area contributed by atoms with Crippen molar-refractivity contribution in [2.45, 2.75) is 24.3 Å². The highest BCUT2D eigenvalue weighted by Gasteiger charge is 2.27. The average Bonchev–Trinajstić information content (AvgIpc) is 3.25. The highest BCUT2D eigenvalue weighted by Crippen LogP contribution is 2.28. The fourth-order valence-corrected chi connectivity index (χ4v) is 5.12.